The van der Waals surface area contributed by atoms with E-state index in [2.05, 4.69) is 0 Å². The molecule has 136 valence electrons. The molecular formula is C18H22O7. The number of carbonyl (C=O) groups excluding carboxylic acids is 3. The molecule has 1 aromatic carbocycles. The van der Waals surface area contributed by atoms with Gasteiger partial charge in [0.25, 0.3) is 0 Å². The Labute approximate surface area is 146 Å². The molecule has 0 amide bonds. The molecule has 1 heterocycles. The molecule has 0 spiro atoms. The third kappa shape index (κ3) is 5.56. The van der Waals surface area contributed by atoms with E-state index in [4.69, 9.17) is 18.9 Å². The van der Waals surface area contributed by atoms with Gasteiger partial charge in [-0.15, -0.1) is 0 Å². The molecule has 7 nitrogen and oxygen atoms in total. The molecule has 2 rings (SSSR count). The van der Waals surface area contributed by atoms with Crippen LogP contribution in [-0.4, -0.2) is 48.9 Å². The van der Waals surface area contributed by atoms with E-state index in [1.807, 2.05) is 30.3 Å². The van der Waals surface area contributed by atoms with Crippen molar-refractivity contribution in [3.05, 3.63) is 35.9 Å². The third-order valence-electron chi connectivity index (χ3n) is 3.74. The number of esters is 3. The number of rotatable bonds is 6. The van der Waals surface area contributed by atoms with E-state index in [0.717, 1.165) is 5.56 Å². The van der Waals surface area contributed by atoms with Crippen molar-refractivity contribution >= 4 is 17.9 Å². The normalized spacial score (nSPS) is 25.2. The van der Waals surface area contributed by atoms with Crippen molar-refractivity contribution in [2.75, 3.05) is 6.61 Å². The van der Waals surface area contributed by atoms with E-state index < -0.39 is 42.3 Å². The predicted octanol–water partition coefficient (Wildman–Crippen LogP) is 1.42. The summed E-state index contributed by atoms with van der Waals surface area (Å²) >= 11 is 0. The van der Waals surface area contributed by atoms with Crippen molar-refractivity contribution in [2.45, 2.75) is 51.6 Å². The lowest BCUT2D eigenvalue weighted by molar-refractivity contribution is -0.165. The highest BCUT2D eigenvalue weighted by Crippen LogP contribution is 2.29. The first-order chi connectivity index (χ1) is 11.9. The van der Waals surface area contributed by atoms with Crippen LogP contribution in [0.5, 0.6) is 0 Å². The molecule has 1 aromatic rings. The Morgan fingerprint density at radius 1 is 0.880 bits per heavy atom. The van der Waals surface area contributed by atoms with Gasteiger partial charge in [0.2, 0.25) is 0 Å². The molecule has 0 aliphatic carbocycles. The van der Waals surface area contributed by atoms with Crippen molar-refractivity contribution < 1.29 is 33.3 Å². The first-order valence-electron chi connectivity index (χ1n) is 8.04. The zero-order valence-corrected chi connectivity index (χ0v) is 14.5. The van der Waals surface area contributed by atoms with E-state index in [1.54, 1.807) is 0 Å². The molecule has 1 unspecified atom stereocenters. The highest BCUT2D eigenvalue weighted by Gasteiger charge is 2.49. The Balaban J connectivity index is 2.21. The molecule has 0 N–H and O–H groups in total. The first-order valence-corrected chi connectivity index (χ1v) is 8.04. The van der Waals surface area contributed by atoms with Gasteiger partial charge in [-0.2, -0.15) is 0 Å². The van der Waals surface area contributed by atoms with Crippen molar-refractivity contribution in [3.8, 4) is 0 Å². The summed E-state index contributed by atoms with van der Waals surface area (Å²) in [7, 11) is 0. The van der Waals surface area contributed by atoms with Crippen LogP contribution in [0.25, 0.3) is 0 Å². The summed E-state index contributed by atoms with van der Waals surface area (Å²) in [6.07, 6.45) is -2.37. The minimum atomic E-state index is -0.838. The van der Waals surface area contributed by atoms with Gasteiger partial charge in [-0.1, -0.05) is 30.3 Å². The second kappa shape index (κ2) is 8.62. The zero-order chi connectivity index (χ0) is 18.4. The SMILES string of the molecule is CC(=O)OC[C@H]1OC(Cc2ccccc2)[C@H](OC(C)=O)[C@@H]1OC(C)=O. The van der Waals surface area contributed by atoms with Gasteiger partial charge in [-0.05, 0) is 5.56 Å². The number of ether oxygens (including phenoxy) is 4. The van der Waals surface area contributed by atoms with E-state index >= 15 is 0 Å². The summed E-state index contributed by atoms with van der Waals surface area (Å²) in [4.78, 5) is 34.0. The van der Waals surface area contributed by atoms with Crippen LogP contribution in [0.1, 0.15) is 26.3 Å². The van der Waals surface area contributed by atoms with Crippen LogP contribution in [0.3, 0.4) is 0 Å². The average molecular weight is 350 g/mol. The highest BCUT2D eigenvalue weighted by atomic mass is 16.6. The topological polar surface area (TPSA) is 88.1 Å². The van der Waals surface area contributed by atoms with Crippen LogP contribution < -0.4 is 0 Å². The largest absolute Gasteiger partial charge is 0.463 e. The van der Waals surface area contributed by atoms with E-state index in [0.29, 0.717) is 6.42 Å². The Hall–Kier alpha value is -2.41. The fraction of sp³-hybridized carbons (Fsp3) is 0.500. The molecule has 0 bridgehead atoms. The maximum atomic E-state index is 11.5. The lowest BCUT2D eigenvalue weighted by atomic mass is 10.0. The molecule has 4 atom stereocenters. The summed E-state index contributed by atoms with van der Waals surface area (Å²) < 4.78 is 21.6. The van der Waals surface area contributed by atoms with E-state index in [-0.39, 0.29) is 6.61 Å². The first kappa shape index (κ1) is 18.9. The van der Waals surface area contributed by atoms with Gasteiger partial charge < -0.3 is 18.9 Å². The summed E-state index contributed by atoms with van der Waals surface area (Å²) in [6.45, 7) is 3.74. The smallest absolute Gasteiger partial charge is 0.303 e. The summed E-state index contributed by atoms with van der Waals surface area (Å²) in [5, 5.41) is 0. The second-order valence-electron chi connectivity index (χ2n) is 5.85. The van der Waals surface area contributed by atoms with Gasteiger partial charge in [0.1, 0.15) is 18.8 Å². The van der Waals surface area contributed by atoms with Crippen molar-refractivity contribution in [2.24, 2.45) is 0 Å². The van der Waals surface area contributed by atoms with Crippen molar-refractivity contribution in [3.63, 3.8) is 0 Å². The lowest BCUT2D eigenvalue weighted by Crippen LogP contribution is -2.41. The number of benzene rings is 1. The third-order valence-corrected chi connectivity index (χ3v) is 3.74. The van der Waals surface area contributed by atoms with Gasteiger partial charge in [0, 0.05) is 27.2 Å². The molecule has 0 aromatic heterocycles. The maximum Gasteiger partial charge on any atom is 0.303 e. The molecule has 0 radical (unpaired) electrons. The number of hydrogen-bond donors (Lipinski definition) is 0. The Kier molecular flexibility index (Phi) is 6.52. The molecule has 1 aliphatic rings. The van der Waals surface area contributed by atoms with E-state index in [9.17, 15) is 14.4 Å². The Bertz CT molecular complexity index is 613. The predicted molar refractivity (Wildman–Crippen MR) is 86.5 cm³/mol. The van der Waals surface area contributed by atoms with Crippen LogP contribution in [0, 0.1) is 0 Å². The monoisotopic (exact) mass is 350 g/mol. The molecule has 25 heavy (non-hydrogen) atoms. The van der Waals surface area contributed by atoms with Crippen LogP contribution >= 0.6 is 0 Å². The van der Waals surface area contributed by atoms with Crippen LogP contribution in [0.2, 0.25) is 0 Å². The molecule has 1 aliphatic heterocycles. The number of carbonyl (C=O) groups is 3. The Morgan fingerprint density at radius 2 is 1.44 bits per heavy atom. The molecule has 1 fully saturated rings. The van der Waals surface area contributed by atoms with Crippen LogP contribution in [-0.2, 0) is 39.8 Å². The summed E-state index contributed by atoms with van der Waals surface area (Å²) in [5.41, 5.74) is 0.986. The average Bonchev–Trinajstić information content (AvgIpc) is 2.82. The van der Waals surface area contributed by atoms with E-state index in [1.165, 1.54) is 20.8 Å². The lowest BCUT2D eigenvalue weighted by Gasteiger charge is -2.23. The fourth-order valence-corrected chi connectivity index (χ4v) is 2.82. The molecule has 7 heteroatoms. The van der Waals surface area contributed by atoms with Gasteiger partial charge in [0.15, 0.2) is 12.2 Å². The van der Waals surface area contributed by atoms with Gasteiger partial charge in [-0.25, -0.2) is 0 Å². The molecular weight excluding hydrogens is 328 g/mol. The van der Waals surface area contributed by atoms with Crippen LogP contribution in [0.4, 0.5) is 0 Å². The minimum absolute atomic E-state index is 0.0870. The molecule has 0 saturated carbocycles. The van der Waals surface area contributed by atoms with Gasteiger partial charge in [0.05, 0.1) is 0 Å². The standard InChI is InChI=1S/C18H22O7/c1-11(19)22-10-16-18(24-13(3)21)17(23-12(2)20)15(25-16)9-14-7-5-4-6-8-14/h4-8,15-18H,9-10H2,1-3H3/t15?,16-,17+,18-/m1/s1. The van der Waals surface area contributed by atoms with Gasteiger partial charge >= 0.3 is 17.9 Å². The van der Waals surface area contributed by atoms with Gasteiger partial charge in [-0.3, -0.25) is 14.4 Å². The highest BCUT2D eigenvalue weighted by molar-refractivity contribution is 5.68. The maximum absolute atomic E-state index is 11.5. The van der Waals surface area contributed by atoms with Crippen molar-refractivity contribution in [1.82, 2.24) is 0 Å². The summed E-state index contributed by atoms with van der Waals surface area (Å²) in [6, 6.07) is 9.53. The second-order valence-corrected chi connectivity index (χ2v) is 5.85. The Morgan fingerprint density at radius 3 is 1.96 bits per heavy atom. The van der Waals surface area contributed by atoms with Crippen LogP contribution in [0.15, 0.2) is 30.3 Å². The zero-order valence-electron chi connectivity index (χ0n) is 14.5. The van der Waals surface area contributed by atoms with Crippen molar-refractivity contribution in [1.29, 1.82) is 0 Å². The quantitative estimate of drug-likeness (QED) is 0.566. The molecule has 1 saturated heterocycles. The summed E-state index contributed by atoms with van der Waals surface area (Å²) in [5.74, 6) is -1.50. The fourth-order valence-electron chi connectivity index (χ4n) is 2.82. The minimum Gasteiger partial charge on any atom is -0.463 e. The number of hydrogen-bond acceptors (Lipinski definition) is 7.